The molecule has 0 saturated carbocycles. The van der Waals surface area contributed by atoms with Gasteiger partial charge in [0.25, 0.3) is 5.69 Å². The molecule has 0 amide bonds. The zero-order chi connectivity index (χ0) is 27.0. The van der Waals surface area contributed by atoms with E-state index in [0.29, 0.717) is 32.0 Å². The van der Waals surface area contributed by atoms with Gasteiger partial charge in [-0.05, 0) is 31.2 Å². The topological polar surface area (TPSA) is 101 Å². The van der Waals surface area contributed by atoms with Crippen molar-refractivity contribution in [2.24, 2.45) is 9.74 Å². The molecule has 1 aromatic heterocycles. The van der Waals surface area contributed by atoms with Crippen LogP contribution in [0.3, 0.4) is 0 Å². The maximum atomic E-state index is 11.3. The van der Waals surface area contributed by atoms with Crippen LogP contribution in [0.25, 0.3) is 5.69 Å². The summed E-state index contributed by atoms with van der Waals surface area (Å²) in [5.74, 6) is 1.55. The molecule has 11 heteroatoms. The number of hydrogen-bond donors (Lipinski definition) is 0. The number of benzene rings is 3. The van der Waals surface area contributed by atoms with Crippen molar-refractivity contribution in [3.8, 4) is 5.69 Å². The molecule has 39 heavy (non-hydrogen) atoms. The first-order valence-electron chi connectivity index (χ1n) is 12.7. The average molecular weight is 542 g/mol. The van der Waals surface area contributed by atoms with Crippen LogP contribution in [0.15, 0.2) is 94.7 Å². The highest BCUT2D eigenvalue weighted by Crippen LogP contribution is 2.61. The molecule has 1 fully saturated rings. The van der Waals surface area contributed by atoms with Gasteiger partial charge in [0.05, 0.1) is 40.5 Å². The van der Waals surface area contributed by atoms with E-state index in [2.05, 4.69) is 21.5 Å². The van der Waals surface area contributed by atoms with E-state index < -0.39 is 12.3 Å². The monoisotopic (exact) mass is 541 g/mol. The summed E-state index contributed by atoms with van der Waals surface area (Å²) in [6, 6.07) is 26.5. The Balaban J connectivity index is 1.68. The second kappa shape index (κ2) is 10.2. The van der Waals surface area contributed by atoms with Crippen molar-refractivity contribution in [3.05, 3.63) is 106 Å². The fourth-order valence-electron chi connectivity index (χ4n) is 5.15. The van der Waals surface area contributed by atoms with Crippen LogP contribution >= 0.6 is 7.36 Å². The van der Waals surface area contributed by atoms with Crippen molar-refractivity contribution in [2.75, 3.05) is 33.4 Å². The molecule has 198 valence electrons. The van der Waals surface area contributed by atoms with Crippen LogP contribution in [0.1, 0.15) is 11.3 Å². The zero-order valence-electron chi connectivity index (χ0n) is 21.7. The summed E-state index contributed by atoms with van der Waals surface area (Å²) in [6.45, 7) is 4.56. The van der Waals surface area contributed by atoms with Crippen molar-refractivity contribution in [2.45, 2.75) is 6.92 Å². The molecule has 3 aromatic carbocycles. The SMILES string of the molecule is Cc1nn(-c2ccccc2)c2c1P(=Nc1ccc([N+](=O)[O-])cc1)(N1CCOCC1)N(C)C(c1ccccc1)=N2. The van der Waals surface area contributed by atoms with E-state index in [9.17, 15) is 10.1 Å². The lowest BCUT2D eigenvalue weighted by Gasteiger charge is -2.46. The predicted octanol–water partition coefficient (Wildman–Crippen LogP) is 5.43. The minimum atomic E-state index is -2.74. The molecule has 1 atom stereocenters. The van der Waals surface area contributed by atoms with Crippen LogP contribution in [-0.4, -0.2) is 63.2 Å². The van der Waals surface area contributed by atoms with Crippen LogP contribution in [0.4, 0.5) is 17.2 Å². The molecular weight excluding hydrogens is 513 g/mol. The number of non-ortho nitro benzene ring substituents is 1. The quantitative estimate of drug-likeness (QED) is 0.190. The number of ether oxygens (including phenoxy) is 1. The number of nitro groups is 1. The highest BCUT2D eigenvalue weighted by Gasteiger charge is 2.45. The van der Waals surface area contributed by atoms with Crippen molar-refractivity contribution in [1.82, 2.24) is 19.1 Å². The number of para-hydroxylation sites is 1. The van der Waals surface area contributed by atoms with E-state index in [0.717, 1.165) is 33.9 Å². The number of aryl methyl sites for hydroxylation is 1. The third-order valence-corrected chi connectivity index (χ3v) is 10.8. The van der Waals surface area contributed by atoms with Crippen LogP contribution < -0.4 is 5.30 Å². The van der Waals surface area contributed by atoms with Gasteiger partial charge in [-0.3, -0.25) is 10.1 Å². The minimum Gasteiger partial charge on any atom is -0.379 e. The molecule has 0 N–H and O–H groups in total. The first-order chi connectivity index (χ1) is 19.0. The Morgan fingerprint density at radius 3 is 2.23 bits per heavy atom. The Kier molecular flexibility index (Phi) is 6.60. The third-order valence-electron chi connectivity index (χ3n) is 6.97. The van der Waals surface area contributed by atoms with Gasteiger partial charge in [-0.25, -0.2) is 19.1 Å². The Hall–Kier alpha value is -4.11. The third kappa shape index (κ3) is 4.36. The van der Waals surface area contributed by atoms with E-state index >= 15 is 0 Å². The predicted molar refractivity (Wildman–Crippen MR) is 153 cm³/mol. The highest BCUT2D eigenvalue weighted by atomic mass is 31.2. The Bertz CT molecular complexity index is 1600. The van der Waals surface area contributed by atoms with Gasteiger partial charge >= 0.3 is 0 Å². The number of nitro benzene ring substituents is 1. The summed E-state index contributed by atoms with van der Waals surface area (Å²) < 4.78 is 17.8. The lowest BCUT2D eigenvalue weighted by Crippen LogP contribution is -2.45. The number of aromatic nitrogens is 2. The van der Waals surface area contributed by atoms with Gasteiger partial charge in [0, 0.05) is 37.8 Å². The minimum absolute atomic E-state index is 0.0324. The Morgan fingerprint density at radius 2 is 1.59 bits per heavy atom. The van der Waals surface area contributed by atoms with Crippen LogP contribution in [0.2, 0.25) is 0 Å². The first kappa shape index (κ1) is 25.2. The maximum Gasteiger partial charge on any atom is 0.269 e. The Labute approximate surface area is 226 Å². The van der Waals surface area contributed by atoms with Gasteiger partial charge in [0.2, 0.25) is 0 Å². The number of morpholine rings is 1. The molecule has 1 saturated heterocycles. The highest BCUT2D eigenvalue weighted by molar-refractivity contribution is 7.70. The van der Waals surface area contributed by atoms with Crippen LogP contribution in [0, 0.1) is 17.0 Å². The molecule has 4 aromatic rings. The number of aliphatic imine (C=N–C) groups is 1. The summed E-state index contributed by atoms with van der Waals surface area (Å²) in [5, 5.41) is 17.3. The number of nitrogens with zero attached hydrogens (tertiary/aromatic N) is 7. The average Bonchev–Trinajstić information content (AvgIpc) is 3.32. The molecule has 0 radical (unpaired) electrons. The van der Waals surface area contributed by atoms with Crippen molar-refractivity contribution >= 4 is 35.7 Å². The molecule has 3 heterocycles. The fourth-order valence-corrected chi connectivity index (χ4v) is 8.96. The van der Waals surface area contributed by atoms with Crippen LogP contribution in [0.5, 0.6) is 0 Å². The summed E-state index contributed by atoms with van der Waals surface area (Å²) in [5.41, 5.74) is 3.44. The molecule has 1 unspecified atom stereocenters. The van der Waals surface area contributed by atoms with Gasteiger partial charge in [0.1, 0.15) is 5.84 Å². The fraction of sp³-hybridized carbons (Fsp3) is 0.214. The number of amidine groups is 1. The summed E-state index contributed by atoms with van der Waals surface area (Å²) >= 11 is 0. The van der Waals surface area contributed by atoms with Crippen molar-refractivity contribution in [1.29, 1.82) is 0 Å². The molecule has 0 aliphatic carbocycles. The van der Waals surface area contributed by atoms with Crippen molar-refractivity contribution < 1.29 is 9.66 Å². The molecule has 10 nitrogen and oxygen atoms in total. The van der Waals surface area contributed by atoms with Gasteiger partial charge in [-0.15, -0.1) is 0 Å². The van der Waals surface area contributed by atoms with E-state index in [4.69, 9.17) is 19.6 Å². The van der Waals surface area contributed by atoms with Gasteiger partial charge in [-0.1, -0.05) is 48.5 Å². The molecule has 6 rings (SSSR count). The molecule has 2 aliphatic heterocycles. The molecular formula is C28H28N7O3P. The second-order valence-corrected chi connectivity index (χ2v) is 12.3. The van der Waals surface area contributed by atoms with Gasteiger partial charge in [0.15, 0.2) is 13.2 Å². The van der Waals surface area contributed by atoms with Crippen LogP contribution in [-0.2, 0) is 4.74 Å². The van der Waals surface area contributed by atoms with Crippen molar-refractivity contribution in [3.63, 3.8) is 0 Å². The van der Waals surface area contributed by atoms with E-state index in [1.807, 2.05) is 67.2 Å². The lowest BCUT2D eigenvalue weighted by atomic mass is 10.2. The first-order valence-corrected chi connectivity index (χ1v) is 14.4. The number of hydrogen-bond acceptors (Lipinski definition) is 6. The van der Waals surface area contributed by atoms with E-state index in [1.165, 1.54) is 12.1 Å². The summed E-state index contributed by atoms with van der Waals surface area (Å²) in [4.78, 5) is 16.2. The normalized spacial score (nSPS) is 19.3. The molecule has 0 bridgehead atoms. The summed E-state index contributed by atoms with van der Waals surface area (Å²) in [7, 11) is -0.691. The van der Waals surface area contributed by atoms with E-state index in [1.54, 1.807) is 12.1 Å². The lowest BCUT2D eigenvalue weighted by molar-refractivity contribution is -0.384. The second-order valence-electron chi connectivity index (χ2n) is 9.34. The smallest absolute Gasteiger partial charge is 0.269 e. The standard InChI is InChI=1S/C28H28N7O3P/c1-21-26-28(34(30-21)24-11-7-4-8-12-24)29-27(22-9-5-3-6-10-22)32(2)39(26,33-17-19-38-20-18-33)31-23-13-15-25(16-14-23)35(36)37/h3-16H,17-20H2,1-2H3. The molecule has 0 spiro atoms. The Morgan fingerprint density at radius 1 is 0.949 bits per heavy atom. The molecule has 2 aliphatic rings. The number of fused-ring (bicyclic) bond motifs is 1. The van der Waals surface area contributed by atoms with Gasteiger partial charge in [-0.2, -0.15) is 5.10 Å². The van der Waals surface area contributed by atoms with Gasteiger partial charge < -0.3 is 9.41 Å². The van der Waals surface area contributed by atoms with E-state index in [-0.39, 0.29) is 5.69 Å². The maximum absolute atomic E-state index is 11.3. The summed E-state index contributed by atoms with van der Waals surface area (Å²) in [6.07, 6.45) is 0. The zero-order valence-corrected chi connectivity index (χ0v) is 22.6. The number of rotatable bonds is 5. The largest absolute Gasteiger partial charge is 0.379 e.